The van der Waals surface area contributed by atoms with Crippen molar-refractivity contribution in [1.29, 1.82) is 0 Å². The molecule has 4 aliphatic rings. The van der Waals surface area contributed by atoms with Crippen molar-refractivity contribution >= 4 is 0 Å². The van der Waals surface area contributed by atoms with Crippen LogP contribution in [0.25, 0.3) is 0 Å². The van der Waals surface area contributed by atoms with Gasteiger partial charge in [0.2, 0.25) is 0 Å². The van der Waals surface area contributed by atoms with Gasteiger partial charge in [-0.05, 0) is 186 Å². The topological polar surface area (TPSA) is 18.5 Å². The minimum atomic E-state index is -2.75. The molecule has 0 aromatic heterocycles. The van der Waals surface area contributed by atoms with Crippen LogP contribution in [-0.2, 0) is 0 Å². The normalized spacial score (nSPS) is 24.1. The summed E-state index contributed by atoms with van der Waals surface area (Å²) in [5.41, 5.74) is 6.01. The summed E-state index contributed by atoms with van der Waals surface area (Å²) in [4.78, 5) is 0. The maximum absolute atomic E-state index is 12.3. The molecule has 0 N–H and O–H groups in total. The molecule has 0 bridgehead atoms. The van der Waals surface area contributed by atoms with Crippen molar-refractivity contribution in [3.05, 3.63) is 83.0 Å². The monoisotopic (exact) mass is 879 g/mol. The number of ether oxygens (including phenoxy) is 2. The first kappa shape index (κ1) is 51.2. The lowest BCUT2D eigenvalue weighted by molar-refractivity contribution is -0.0505. The lowest BCUT2D eigenvalue weighted by atomic mass is 9.70. The van der Waals surface area contributed by atoms with Crippen LogP contribution in [0.5, 0.6) is 11.5 Å². The lowest BCUT2D eigenvalue weighted by Crippen LogP contribution is -2.22. The third-order valence-corrected chi connectivity index (χ3v) is 15.6. The third kappa shape index (κ3) is 19.3. The van der Waals surface area contributed by atoms with Crippen molar-refractivity contribution < 1.29 is 27.0 Å². The number of allylic oxidation sites excluding steroid dienone is 4. The number of rotatable bonds is 25. The van der Waals surface area contributed by atoms with Crippen LogP contribution in [0.1, 0.15) is 236 Å². The van der Waals surface area contributed by atoms with E-state index in [1.54, 1.807) is 35.4 Å². The highest BCUT2D eigenvalue weighted by molar-refractivity contribution is 5.31. The summed E-state index contributed by atoms with van der Waals surface area (Å²) in [5.74, 6) is 5.15. The summed E-state index contributed by atoms with van der Waals surface area (Å²) in [6, 6.07) is 14.6. The molecular weight excluding hydrogens is 793 g/mol. The van der Waals surface area contributed by atoms with Crippen LogP contribution in [0.4, 0.5) is 17.6 Å². The van der Waals surface area contributed by atoms with Crippen molar-refractivity contribution in [2.24, 2.45) is 23.7 Å². The molecule has 2 unspecified atom stereocenters. The first-order valence-electron chi connectivity index (χ1n) is 26.3. The van der Waals surface area contributed by atoms with Gasteiger partial charge in [0.1, 0.15) is 11.5 Å². The maximum atomic E-state index is 12.3. The van der Waals surface area contributed by atoms with Crippen LogP contribution in [0, 0.1) is 23.7 Å². The largest absolute Gasteiger partial charge is 0.435 e. The zero-order valence-electron chi connectivity index (χ0n) is 39.6. The molecule has 6 heteroatoms. The Balaban J connectivity index is 0.000000238. The molecule has 4 aliphatic carbocycles. The van der Waals surface area contributed by atoms with Gasteiger partial charge >= 0.3 is 13.2 Å². The van der Waals surface area contributed by atoms with Crippen LogP contribution in [0.15, 0.2) is 71.8 Å². The zero-order chi connectivity index (χ0) is 44.5. The quantitative estimate of drug-likeness (QED) is 0.0562. The Morgan fingerprint density at radius 1 is 0.413 bits per heavy atom. The van der Waals surface area contributed by atoms with E-state index < -0.39 is 13.2 Å². The molecule has 2 nitrogen and oxygen atoms in total. The average molecular weight is 879 g/mol. The number of alkyl halides is 4. The Morgan fingerprint density at radius 3 is 1.05 bits per heavy atom. The predicted octanol–water partition coefficient (Wildman–Crippen LogP) is 19.2. The second-order valence-corrected chi connectivity index (χ2v) is 20.0. The molecule has 354 valence electrons. The molecule has 0 aliphatic heterocycles. The molecule has 2 aromatic rings. The van der Waals surface area contributed by atoms with E-state index in [0.29, 0.717) is 11.8 Å². The highest BCUT2D eigenvalue weighted by atomic mass is 19.3. The Morgan fingerprint density at radius 2 is 0.746 bits per heavy atom. The van der Waals surface area contributed by atoms with Gasteiger partial charge in [0, 0.05) is 0 Å². The highest BCUT2D eigenvalue weighted by Crippen LogP contribution is 2.45. The Kier molecular flexibility index (Phi) is 24.2. The minimum absolute atomic E-state index is 0.258. The Labute approximate surface area is 381 Å². The molecule has 63 heavy (non-hydrogen) atoms. The summed E-state index contributed by atoms with van der Waals surface area (Å²) in [5, 5.41) is 0. The van der Waals surface area contributed by atoms with Gasteiger partial charge in [0.15, 0.2) is 0 Å². The van der Waals surface area contributed by atoms with E-state index in [1.165, 1.54) is 210 Å². The van der Waals surface area contributed by atoms with Crippen LogP contribution in [0.2, 0.25) is 0 Å². The first-order valence-corrected chi connectivity index (χ1v) is 26.3. The molecule has 0 saturated heterocycles. The number of benzene rings is 2. The molecule has 2 fully saturated rings. The minimum Gasteiger partial charge on any atom is -0.435 e. The fourth-order valence-electron chi connectivity index (χ4n) is 11.6. The van der Waals surface area contributed by atoms with E-state index in [0.717, 1.165) is 23.7 Å². The summed E-state index contributed by atoms with van der Waals surface area (Å²) >= 11 is 0. The van der Waals surface area contributed by atoms with Crippen LogP contribution in [0.3, 0.4) is 0 Å². The van der Waals surface area contributed by atoms with Crippen molar-refractivity contribution in [2.75, 3.05) is 0 Å². The van der Waals surface area contributed by atoms with E-state index in [2.05, 4.69) is 35.5 Å². The van der Waals surface area contributed by atoms with Gasteiger partial charge in [-0.3, -0.25) is 0 Å². The van der Waals surface area contributed by atoms with Crippen molar-refractivity contribution in [1.82, 2.24) is 0 Å². The fourth-order valence-corrected chi connectivity index (χ4v) is 11.6. The van der Waals surface area contributed by atoms with Crippen molar-refractivity contribution in [2.45, 2.75) is 238 Å². The van der Waals surface area contributed by atoms with Gasteiger partial charge in [-0.2, -0.15) is 17.6 Å². The fraction of sp³-hybridized carbons (Fsp3) is 0.719. The number of halogens is 4. The Hall–Kier alpha value is -2.76. The lowest BCUT2D eigenvalue weighted by Gasteiger charge is -2.35. The van der Waals surface area contributed by atoms with E-state index in [-0.39, 0.29) is 11.5 Å². The molecule has 2 aromatic carbocycles. The molecule has 0 spiro atoms. The molecule has 2 saturated carbocycles. The predicted molar refractivity (Wildman–Crippen MR) is 256 cm³/mol. The SMILES string of the molecule is CCCCCCCCCC1=CCC([C@H]2CC[C@H](c3ccc(OC(F)F)cc3)CC2)CC1.CCCCCCCCCCC1=CCC([C@H]2CC[C@H](c3ccc(OC(F)F)cc3)CC2)CC1. The standard InChI is InChI=1S/C29H44F2O.C28H42F2O/c1-2-3-4-5-6-7-8-9-10-23-11-13-24(14-12-23)25-15-17-26(18-16-25)27-19-21-28(22-20-27)32-29(30)31;1-2-3-4-5-6-7-8-9-22-10-12-23(13-11-22)24-14-16-25(17-15-24)26-18-20-27(21-19-26)31-28(29)30/h11,19-22,24-26,29H,2-10,12-18H2,1H3;10,18-21,23-25,28H,2-9,11-17H2,1H3/t24?,25-,26-;23?,24-,25-. The van der Waals surface area contributed by atoms with Gasteiger partial charge in [-0.15, -0.1) is 0 Å². The molecular formula is C57H86F4O2. The summed E-state index contributed by atoms with van der Waals surface area (Å²) < 4.78 is 58.3. The van der Waals surface area contributed by atoms with Crippen LogP contribution < -0.4 is 9.47 Å². The summed E-state index contributed by atoms with van der Waals surface area (Å²) in [6.45, 7) is -0.932. The van der Waals surface area contributed by atoms with Crippen LogP contribution >= 0.6 is 0 Å². The number of unbranched alkanes of at least 4 members (excludes halogenated alkanes) is 13. The molecule has 0 radical (unpaired) electrons. The smallest absolute Gasteiger partial charge is 0.387 e. The van der Waals surface area contributed by atoms with E-state index in [9.17, 15) is 17.6 Å². The van der Waals surface area contributed by atoms with Crippen molar-refractivity contribution in [3.8, 4) is 11.5 Å². The van der Waals surface area contributed by atoms with E-state index in [4.69, 9.17) is 0 Å². The summed E-state index contributed by atoms with van der Waals surface area (Å²) in [7, 11) is 0. The summed E-state index contributed by atoms with van der Waals surface area (Å²) in [6.07, 6.45) is 47.0. The van der Waals surface area contributed by atoms with E-state index in [1.807, 2.05) is 24.3 Å². The van der Waals surface area contributed by atoms with Gasteiger partial charge in [-0.1, -0.05) is 145 Å². The molecule has 0 amide bonds. The molecule has 6 rings (SSSR count). The molecule has 0 heterocycles. The second kappa shape index (κ2) is 29.7. The maximum Gasteiger partial charge on any atom is 0.387 e. The first-order chi connectivity index (χ1) is 30.8. The van der Waals surface area contributed by atoms with Gasteiger partial charge in [0.05, 0.1) is 0 Å². The van der Waals surface area contributed by atoms with Crippen LogP contribution in [-0.4, -0.2) is 13.2 Å². The highest BCUT2D eigenvalue weighted by Gasteiger charge is 2.31. The number of hydrogen-bond donors (Lipinski definition) is 0. The average Bonchev–Trinajstić information content (AvgIpc) is 3.30. The molecule has 2 atom stereocenters. The van der Waals surface area contributed by atoms with Gasteiger partial charge in [-0.25, -0.2) is 0 Å². The number of hydrogen-bond acceptors (Lipinski definition) is 2. The van der Waals surface area contributed by atoms with Gasteiger partial charge in [0.25, 0.3) is 0 Å². The van der Waals surface area contributed by atoms with Gasteiger partial charge < -0.3 is 9.47 Å². The zero-order valence-corrected chi connectivity index (χ0v) is 39.6. The van der Waals surface area contributed by atoms with E-state index >= 15 is 0 Å². The van der Waals surface area contributed by atoms with Crippen molar-refractivity contribution in [3.63, 3.8) is 0 Å². The Bertz CT molecular complexity index is 1530. The third-order valence-electron chi connectivity index (χ3n) is 15.6. The second-order valence-electron chi connectivity index (χ2n) is 20.0.